The summed E-state index contributed by atoms with van der Waals surface area (Å²) < 4.78 is 10.6. The topological polar surface area (TPSA) is 101 Å². The molecule has 0 bridgehead atoms. The Bertz CT molecular complexity index is 855. The average molecular weight is 332 g/mol. The highest BCUT2D eigenvalue weighted by atomic mass is 35.5. The quantitative estimate of drug-likeness (QED) is 0.420. The second-order valence-electron chi connectivity index (χ2n) is 4.43. The molecule has 0 fully saturated rings. The molecule has 7 nitrogen and oxygen atoms in total. The molecule has 23 heavy (non-hydrogen) atoms. The van der Waals surface area contributed by atoms with Gasteiger partial charge in [0.25, 0.3) is 5.95 Å². The summed E-state index contributed by atoms with van der Waals surface area (Å²) in [5.41, 5.74) is 0.212. The van der Waals surface area contributed by atoms with E-state index >= 15 is 0 Å². The lowest BCUT2D eigenvalue weighted by Gasteiger charge is -2.00. The molecule has 2 aromatic heterocycles. The smallest absolute Gasteiger partial charge is 0.290 e. The standard InChI is InChI=1S/C15H10ClN3O4/c16-10-2-1-3-11(5-10)23-14-4-9(7-22-14)12(20)6-13(21)15-17-8-18-19-15/h1-8,21H,(H,17,18,19). The number of H-pyrrole nitrogens is 1. The van der Waals surface area contributed by atoms with Crippen molar-refractivity contribution in [2.45, 2.75) is 0 Å². The molecule has 0 unspecified atom stereocenters. The maximum absolute atomic E-state index is 12.0. The fraction of sp³-hybridized carbons (Fsp3) is 0. The third-order valence-electron chi connectivity index (χ3n) is 2.79. The minimum Gasteiger partial charge on any atom is -0.504 e. The number of allylic oxidation sites excluding steroid dienone is 1. The van der Waals surface area contributed by atoms with Crippen LogP contribution in [0.3, 0.4) is 0 Å². The summed E-state index contributed by atoms with van der Waals surface area (Å²) in [6.07, 6.45) is 3.51. The van der Waals surface area contributed by atoms with Crippen molar-refractivity contribution in [1.82, 2.24) is 15.2 Å². The first-order chi connectivity index (χ1) is 11.1. The second kappa shape index (κ2) is 6.37. The molecule has 0 aliphatic heterocycles. The van der Waals surface area contributed by atoms with Crippen LogP contribution in [-0.4, -0.2) is 26.1 Å². The van der Waals surface area contributed by atoms with Gasteiger partial charge in [-0.15, -0.1) is 0 Å². The first-order valence-electron chi connectivity index (χ1n) is 6.45. The molecule has 2 N–H and O–H groups in total. The number of nitrogens with one attached hydrogen (secondary N) is 1. The zero-order valence-corrected chi connectivity index (χ0v) is 12.3. The van der Waals surface area contributed by atoms with Crippen LogP contribution >= 0.6 is 11.6 Å². The van der Waals surface area contributed by atoms with E-state index in [4.69, 9.17) is 20.8 Å². The van der Waals surface area contributed by atoms with Crippen molar-refractivity contribution in [3.8, 4) is 11.7 Å². The van der Waals surface area contributed by atoms with Crippen molar-refractivity contribution in [1.29, 1.82) is 0 Å². The maximum Gasteiger partial charge on any atom is 0.290 e. The highest BCUT2D eigenvalue weighted by Gasteiger charge is 2.13. The number of carbonyl (C=O) groups is 1. The predicted molar refractivity (Wildman–Crippen MR) is 81.6 cm³/mol. The van der Waals surface area contributed by atoms with Crippen LogP contribution < -0.4 is 4.74 Å². The Morgan fingerprint density at radius 2 is 2.26 bits per heavy atom. The number of ketones is 1. The molecular formula is C15H10ClN3O4. The zero-order chi connectivity index (χ0) is 16.2. The molecule has 0 radical (unpaired) electrons. The monoisotopic (exact) mass is 331 g/mol. The fourth-order valence-electron chi connectivity index (χ4n) is 1.75. The van der Waals surface area contributed by atoms with Gasteiger partial charge in [-0.3, -0.25) is 9.89 Å². The van der Waals surface area contributed by atoms with E-state index in [1.54, 1.807) is 24.3 Å². The van der Waals surface area contributed by atoms with E-state index in [-0.39, 0.29) is 23.1 Å². The van der Waals surface area contributed by atoms with E-state index in [2.05, 4.69) is 15.2 Å². The van der Waals surface area contributed by atoms with E-state index in [0.29, 0.717) is 10.8 Å². The van der Waals surface area contributed by atoms with E-state index in [0.717, 1.165) is 6.08 Å². The number of ether oxygens (including phenoxy) is 1. The molecule has 2 heterocycles. The lowest BCUT2D eigenvalue weighted by Crippen LogP contribution is -1.95. The van der Waals surface area contributed by atoms with Crippen LogP contribution in [0.2, 0.25) is 5.02 Å². The van der Waals surface area contributed by atoms with Gasteiger partial charge in [-0.2, -0.15) is 5.10 Å². The Kier molecular flexibility index (Phi) is 4.11. The number of rotatable bonds is 5. The predicted octanol–water partition coefficient (Wildman–Crippen LogP) is 3.63. The molecule has 3 aromatic rings. The number of benzene rings is 1. The largest absolute Gasteiger partial charge is 0.504 e. The van der Waals surface area contributed by atoms with Gasteiger partial charge in [0.1, 0.15) is 18.3 Å². The third kappa shape index (κ3) is 3.58. The van der Waals surface area contributed by atoms with Crippen LogP contribution in [0.5, 0.6) is 11.7 Å². The lowest BCUT2D eigenvalue weighted by atomic mass is 10.2. The number of hydrogen-bond acceptors (Lipinski definition) is 6. The summed E-state index contributed by atoms with van der Waals surface area (Å²) in [5, 5.41) is 16.4. The van der Waals surface area contributed by atoms with Crippen LogP contribution in [0.1, 0.15) is 16.2 Å². The Morgan fingerprint density at radius 1 is 1.39 bits per heavy atom. The Balaban J connectivity index is 1.74. The highest BCUT2D eigenvalue weighted by molar-refractivity contribution is 6.30. The molecule has 1 aromatic carbocycles. The zero-order valence-electron chi connectivity index (χ0n) is 11.6. The Labute approximate surface area is 135 Å². The molecule has 3 rings (SSSR count). The third-order valence-corrected chi connectivity index (χ3v) is 3.02. The molecule has 0 aliphatic carbocycles. The van der Waals surface area contributed by atoms with E-state index in [1.807, 2.05) is 0 Å². The minimum atomic E-state index is -0.475. The Morgan fingerprint density at radius 3 is 3.00 bits per heavy atom. The van der Waals surface area contributed by atoms with Crippen molar-refractivity contribution in [2.75, 3.05) is 0 Å². The van der Waals surface area contributed by atoms with Crippen LogP contribution in [0.15, 0.2) is 53.4 Å². The highest BCUT2D eigenvalue weighted by Crippen LogP contribution is 2.26. The number of aromatic nitrogens is 3. The van der Waals surface area contributed by atoms with Crippen molar-refractivity contribution in [3.05, 3.63) is 65.4 Å². The number of aliphatic hydroxyl groups excluding tert-OH is 1. The van der Waals surface area contributed by atoms with Gasteiger partial charge < -0.3 is 14.3 Å². The second-order valence-corrected chi connectivity index (χ2v) is 4.87. The van der Waals surface area contributed by atoms with E-state index in [9.17, 15) is 9.90 Å². The van der Waals surface area contributed by atoms with Crippen LogP contribution in [0.4, 0.5) is 0 Å². The number of aromatic amines is 1. The summed E-state index contributed by atoms with van der Waals surface area (Å²) in [7, 11) is 0. The van der Waals surface area contributed by atoms with Gasteiger partial charge in [0, 0.05) is 17.2 Å². The fourth-order valence-corrected chi connectivity index (χ4v) is 1.93. The summed E-state index contributed by atoms with van der Waals surface area (Å²) in [5.74, 6) is -0.199. The summed E-state index contributed by atoms with van der Waals surface area (Å²) in [6.45, 7) is 0. The average Bonchev–Trinajstić information content (AvgIpc) is 3.18. The van der Waals surface area contributed by atoms with Gasteiger partial charge in [0.15, 0.2) is 11.5 Å². The number of aliphatic hydroxyl groups is 1. The number of furan rings is 1. The van der Waals surface area contributed by atoms with Gasteiger partial charge in [0.2, 0.25) is 5.82 Å². The molecule has 0 aliphatic rings. The van der Waals surface area contributed by atoms with E-state index in [1.165, 1.54) is 18.7 Å². The molecule has 0 amide bonds. The number of carbonyl (C=O) groups excluding carboxylic acids is 1. The summed E-state index contributed by atoms with van der Waals surface area (Å²) in [6, 6.07) is 8.16. The minimum absolute atomic E-state index is 0.0252. The SMILES string of the molecule is O=C(C=C(O)c1nc[nH]n1)c1coc(Oc2cccc(Cl)c2)c1. The van der Waals surface area contributed by atoms with Crippen molar-refractivity contribution >= 4 is 23.1 Å². The van der Waals surface area contributed by atoms with Crippen LogP contribution in [0, 0.1) is 0 Å². The maximum atomic E-state index is 12.0. The number of nitrogens with zero attached hydrogens (tertiary/aromatic N) is 2. The Hall–Kier alpha value is -3.06. The first-order valence-corrected chi connectivity index (χ1v) is 6.83. The van der Waals surface area contributed by atoms with Gasteiger partial charge in [-0.1, -0.05) is 17.7 Å². The van der Waals surface area contributed by atoms with Gasteiger partial charge in [0.05, 0.1) is 5.56 Å². The molecule has 8 heteroatoms. The van der Waals surface area contributed by atoms with Crippen molar-refractivity contribution in [3.63, 3.8) is 0 Å². The van der Waals surface area contributed by atoms with Crippen LogP contribution in [0.25, 0.3) is 5.76 Å². The molecule has 0 saturated heterocycles. The molecular weight excluding hydrogens is 322 g/mol. The number of hydrogen-bond donors (Lipinski definition) is 2. The lowest BCUT2D eigenvalue weighted by molar-refractivity contribution is 0.104. The van der Waals surface area contributed by atoms with Gasteiger partial charge in [-0.25, -0.2) is 4.98 Å². The molecule has 0 saturated carbocycles. The summed E-state index contributed by atoms with van der Waals surface area (Å²) >= 11 is 5.86. The molecule has 0 atom stereocenters. The van der Waals surface area contributed by atoms with Crippen LogP contribution in [-0.2, 0) is 0 Å². The van der Waals surface area contributed by atoms with E-state index < -0.39 is 5.78 Å². The summed E-state index contributed by atoms with van der Waals surface area (Å²) in [4.78, 5) is 15.8. The van der Waals surface area contributed by atoms with Gasteiger partial charge >= 0.3 is 0 Å². The number of halogens is 1. The normalized spacial score (nSPS) is 11.4. The van der Waals surface area contributed by atoms with Crippen molar-refractivity contribution < 1.29 is 19.1 Å². The first kappa shape index (κ1) is 14.9. The van der Waals surface area contributed by atoms with Crippen molar-refractivity contribution in [2.24, 2.45) is 0 Å². The molecule has 0 spiro atoms. The molecule has 116 valence electrons. The van der Waals surface area contributed by atoms with Gasteiger partial charge in [-0.05, 0) is 18.2 Å².